The minimum atomic E-state index is 0.719. The van der Waals surface area contributed by atoms with Gasteiger partial charge in [-0.3, -0.25) is 0 Å². The third kappa shape index (κ3) is 3.65. The predicted molar refractivity (Wildman–Crippen MR) is 87.4 cm³/mol. The summed E-state index contributed by atoms with van der Waals surface area (Å²) in [6.07, 6.45) is 2.58. The first-order valence-electron chi connectivity index (χ1n) is 7.38. The molecule has 2 heteroatoms. The number of hydrogen-bond acceptors (Lipinski definition) is 2. The summed E-state index contributed by atoms with van der Waals surface area (Å²) in [5.74, 6) is 1.92. The summed E-state index contributed by atoms with van der Waals surface area (Å²) in [5, 5.41) is 3.67. The quantitative estimate of drug-likeness (QED) is 0.626. The Bertz CT molecular complexity index is 505. The summed E-state index contributed by atoms with van der Waals surface area (Å²) in [6.45, 7) is 1.10. The number of nitrogens with one attached hydrogen (secondary N) is 1. The molecule has 3 rings (SSSR count). The Kier molecular flexibility index (Phi) is 4.77. The Labute approximate surface area is 125 Å². The third-order valence-corrected chi connectivity index (χ3v) is 4.97. The zero-order valence-electron chi connectivity index (χ0n) is 11.7. The highest BCUT2D eigenvalue weighted by atomic mass is 32.2. The van der Waals surface area contributed by atoms with E-state index in [4.69, 9.17) is 0 Å². The molecule has 1 aliphatic carbocycles. The van der Waals surface area contributed by atoms with Crippen LogP contribution in [0.25, 0.3) is 0 Å². The van der Waals surface area contributed by atoms with E-state index in [9.17, 15) is 0 Å². The third-order valence-electron chi connectivity index (χ3n) is 3.96. The molecule has 0 radical (unpaired) electrons. The molecule has 1 nitrogen and oxygen atoms in total. The van der Waals surface area contributed by atoms with Crippen LogP contribution in [0.4, 0.5) is 0 Å². The van der Waals surface area contributed by atoms with E-state index in [0.29, 0.717) is 0 Å². The maximum atomic E-state index is 3.67. The summed E-state index contributed by atoms with van der Waals surface area (Å²) < 4.78 is 0. The van der Waals surface area contributed by atoms with Crippen LogP contribution in [0.1, 0.15) is 24.3 Å². The number of benzene rings is 2. The van der Waals surface area contributed by atoms with Crippen molar-refractivity contribution in [1.82, 2.24) is 5.32 Å². The molecular formula is C18H21NS. The van der Waals surface area contributed by atoms with Crippen LogP contribution in [0, 0.1) is 0 Å². The highest BCUT2D eigenvalue weighted by molar-refractivity contribution is 7.99. The average molecular weight is 283 g/mol. The molecule has 1 fully saturated rings. The number of thioether (sulfide) groups is 1. The molecule has 2 aromatic rings. The predicted octanol–water partition coefficient (Wildman–Crippen LogP) is 4.31. The first kappa shape index (κ1) is 13.7. The second-order valence-corrected chi connectivity index (χ2v) is 6.56. The van der Waals surface area contributed by atoms with Crippen molar-refractivity contribution < 1.29 is 0 Å². The van der Waals surface area contributed by atoms with Gasteiger partial charge in [0.15, 0.2) is 0 Å². The van der Waals surface area contributed by atoms with Crippen molar-refractivity contribution in [1.29, 1.82) is 0 Å². The SMILES string of the molecule is c1ccc(SCCNC2CC(c3ccccc3)C2)cc1. The van der Waals surface area contributed by atoms with Crippen LogP contribution in [0.5, 0.6) is 0 Å². The molecule has 0 atom stereocenters. The van der Waals surface area contributed by atoms with Crippen molar-refractivity contribution >= 4 is 11.8 Å². The molecule has 0 aliphatic heterocycles. The van der Waals surface area contributed by atoms with Gasteiger partial charge >= 0.3 is 0 Å². The van der Waals surface area contributed by atoms with Crippen LogP contribution in [0.15, 0.2) is 65.6 Å². The summed E-state index contributed by atoms with van der Waals surface area (Å²) in [7, 11) is 0. The van der Waals surface area contributed by atoms with Crippen molar-refractivity contribution in [2.45, 2.75) is 29.7 Å². The van der Waals surface area contributed by atoms with E-state index < -0.39 is 0 Å². The Balaban J connectivity index is 1.32. The summed E-state index contributed by atoms with van der Waals surface area (Å²) >= 11 is 1.93. The van der Waals surface area contributed by atoms with Gasteiger partial charge in [0, 0.05) is 23.2 Å². The van der Waals surface area contributed by atoms with Crippen molar-refractivity contribution in [2.24, 2.45) is 0 Å². The largest absolute Gasteiger partial charge is 0.313 e. The van der Waals surface area contributed by atoms with Gasteiger partial charge in [-0.25, -0.2) is 0 Å². The molecule has 0 heterocycles. The van der Waals surface area contributed by atoms with Crippen LogP contribution in [0.3, 0.4) is 0 Å². The van der Waals surface area contributed by atoms with Crippen LogP contribution in [-0.4, -0.2) is 18.3 Å². The molecule has 0 amide bonds. The normalized spacial score (nSPS) is 21.4. The molecule has 20 heavy (non-hydrogen) atoms. The minimum absolute atomic E-state index is 0.719. The Morgan fingerprint density at radius 1 is 0.900 bits per heavy atom. The second-order valence-electron chi connectivity index (χ2n) is 5.39. The molecular weight excluding hydrogens is 262 g/mol. The first-order valence-corrected chi connectivity index (χ1v) is 8.36. The molecule has 0 bridgehead atoms. The lowest BCUT2D eigenvalue weighted by Crippen LogP contribution is -2.41. The highest BCUT2D eigenvalue weighted by Crippen LogP contribution is 2.36. The van der Waals surface area contributed by atoms with Gasteiger partial charge in [0.25, 0.3) is 0 Å². The van der Waals surface area contributed by atoms with E-state index in [1.807, 2.05) is 11.8 Å². The fourth-order valence-corrected chi connectivity index (χ4v) is 3.54. The van der Waals surface area contributed by atoms with E-state index >= 15 is 0 Å². The topological polar surface area (TPSA) is 12.0 Å². The van der Waals surface area contributed by atoms with E-state index in [0.717, 1.165) is 24.3 Å². The van der Waals surface area contributed by atoms with Gasteiger partial charge in [0.05, 0.1) is 0 Å². The lowest BCUT2D eigenvalue weighted by molar-refractivity contribution is 0.296. The standard InChI is InChI=1S/C18H21NS/c1-3-7-15(8-4-1)16-13-17(14-16)19-11-12-20-18-9-5-2-6-10-18/h1-10,16-17,19H,11-14H2. The molecule has 1 saturated carbocycles. The summed E-state index contributed by atoms with van der Waals surface area (Å²) in [4.78, 5) is 1.37. The number of rotatable bonds is 6. The molecule has 2 aromatic carbocycles. The Hall–Kier alpha value is -1.25. The van der Waals surface area contributed by atoms with Gasteiger partial charge in [-0.05, 0) is 36.5 Å². The molecule has 0 saturated heterocycles. The lowest BCUT2D eigenvalue weighted by atomic mass is 9.76. The fourth-order valence-electron chi connectivity index (χ4n) is 2.73. The molecule has 104 valence electrons. The van der Waals surface area contributed by atoms with E-state index in [2.05, 4.69) is 66.0 Å². The van der Waals surface area contributed by atoms with Gasteiger partial charge in [-0.2, -0.15) is 0 Å². The molecule has 0 spiro atoms. The van der Waals surface area contributed by atoms with E-state index in [1.165, 1.54) is 23.3 Å². The van der Waals surface area contributed by atoms with Gasteiger partial charge in [-0.15, -0.1) is 11.8 Å². The Morgan fingerprint density at radius 3 is 2.25 bits per heavy atom. The second kappa shape index (κ2) is 6.96. The molecule has 0 unspecified atom stereocenters. The summed E-state index contributed by atoms with van der Waals surface area (Å²) in [6, 6.07) is 22.3. The summed E-state index contributed by atoms with van der Waals surface area (Å²) in [5.41, 5.74) is 1.50. The molecule has 0 aromatic heterocycles. The monoisotopic (exact) mass is 283 g/mol. The zero-order chi connectivity index (χ0) is 13.6. The van der Waals surface area contributed by atoms with Crippen molar-refractivity contribution in [3.8, 4) is 0 Å². The fraction of sp³-hybridized carbons (Fsp3) is 0.333. The van der Waals surface area contributed by atoms with Gasteiger partial charge < -0.3 is 5.32 Å². The van der Waals surface area contributed by atoms with Crippen molar-refractivity contribution in [2.75, 3.05) is 12.3 Å². The van der Waals surface area contributed by atoms with Crippen LogP contribution in [0.2, 0.25) is 0 Å². The first-order chi connectivity index (χ1) is 9.92. The molecule has 1 aliphatic rings. The highest BCUT2D eigenvalue weighted by Gasteiger charge is 2.29. The number of hydrogen-bond donors (Lipinski definition) is 1. The van der Waals surface area contributed by atoms with Crippen molar-refractivity contribution in [3.63, 3.8) is 0 Å². The van der Waals surface area contributed by atoms with Gasteiger partial charge in [-0.1, -0.05) is 48.5 Å². The van der Waals surface area contributed by atoms with Gasteiger partial charge in [0.2, 0.25) is 0 Å². The maximum Gasteiger partial charge on any atom is 0.0106 e. The average Bonchev–Trinajstić information content (AvgIpc) is 2.47. The Morgan fingerprint density at radius 2 is 1.55 bits per heavy atom. The molecule has 1 N–H and O–H groups in total. The van der Waals surface area contributed by atoms with Crippen molar-refractivity contribution in [3.05, 3.63) is 66.2 Å². The van der Waals surface area contributed by atoms with Crippen LogP contribution >= 0.6 is 11.8 Å². The van der Waals surface area contributed by atoms with Crippen LogP contribution < -0.4 is 5.32 Å². The maximum absolute atomic E-state index is 3.67. The zero-order valence-corrected chi connectivity index (χ0v) is 12.5. The van der Waals surface area contributed by atoms with Gasteiger partial charge in [0.1, 0.15) is 0 Å². The smallest absolute Gasteiger partial charge is 0.0106 e. The van der Waals surface area contributed by atoms with E-state index in [-0.39, 0.29) is 0 Å². The lowest BCUT2D eigenvalue weighted by Gasteiger charge is -2.36. The van der Waals surface area contributed by atoms with E-state index in [1.54, 1.807) is 0 Å². The minimum Gasteiger partial charge on any atom is -0.313 e. The van der Waals surface area contributed by atoms with Crippen LogP contribution in [-0.2, 0) is 0 Å².